The second-order valence-electron chi connectivity index (χ2n) is 3.33. The summed E-state index contributed by atoms with van der Waals surface area (Å²) in [7, 11) is 0. The maximum atomic E-state index is 11.1. The number of benzene rings is 1. The number of anilines is 1. The SMILES string of the molecule is NC(=O)NC(=O)CNc1ccc2c(c1)OCO2. The highest BCUT2D eigenvalue weighted by Crippen LogP contribution is 2.33. The number of amides is 3. The fraction of sp³-hybridized carbons (Fsp3) is 0.200. The number of imide groups is 1. The number of nitrogens with two attached hydrogens (primary N) is 1. The van der Waals surface area contributed by atoms with Gasteiger partial charge in [-0.3, -0.25) is 10.1 Å². The van der Waals surface area contributed by atoms with E-state index in [9.17, 15) is 9.59 Å². The zero-order valence-corrected chi connectivity index (χ0v) is 8.86. The third-order valence-corrected chi connectivity index (χ3v) is 2.09. The molecule has 0 atom stereocenters. The summed E-state index contributed by atoms with van der Waals surface area (Å²) in [6.07, 6.45) is 0. The van der Waals surface area contributed by atoms with Crippen molar-refractivity contribution in [2.24, 2.45) is 5.73 Å². The van der Waals surface area contributed by atoms with Crippen LogP contribution in [0.4, 0.5) is 10.5 Å². The molecule has 7 heteroatoms. The lowest BCUT2D eigenvalue weighted by atomic mass is 10.3. The predicted molar refractivity (Wildman–Crippen MR) is 58.8 cm³/mol. The molecule has 0 spiro atoms. The van der Waals surface area contributed by atoms with E-state index in [1.807, 2.05) is 5.32 Å². The number of fused-ring (bicyclic) bond motifs is 1. The highest BCUT2D eigenvalue weighted by molar-refractivity contribution is 5.95. The molecule has 1 aliphatic heterocycles. The standard InChI is InChI=1S/C10H11N3O4/c11-10(15)13-9(14)4-12-6-1-2-7-8(3-6)17-5-16-7/h1-3,12H,4-5H2,(H3,11,13,14,15). The number of rotatable bonds is 3. The van der Waals surface area contributed by atoms with Crippen LogP contribution in [-0.4, -0.2) is 25.3 Å². The average Bonchev–Trinajstić information content (AvgIpc) is 2.72. The molecule has 17 heavy (non-hydrogen) atoms. The second kappa shape index (κ2) is 4.60. The monoisotopic (exact) mass is 237 g/mol. The molecule has 90 valence electrons. The zero-order valence-electron chi connectivity index (χ0n) is 8.86. The van der Waals surface area contributed by atoms with Crippen LogP contribution in [0.25, 0.3) is 0 Å². The molecule has 0 aromatic heterocycles. The number of ether oxygens (including phenoxy) is 2. The third-order valence-electron chi connectivity index (χ3n) is 2.09. The Labute approximate surface area is 96.9 Å². The van der Waals surface area contributed by atoms with Crippen molar-refractivity contribution in [3.63, 3.8) is 0 Å². The van der Waals surface area contributed by atoms with Crippen LogP contribution in [0.1, 0.15) is 0 Å². The van der Waals surface area contributed by atoms with Gasteiger partial charge in [0.25, 0.3) is 0 Å². The largest absolute Gasteiger partial charge is 0.454 e. The molecule has 0 radical (unpaired) electrons. The predicted octanol–water partition coefficient (Wildman–Crippen LogP) is 0.0221. The number of carbonyl (C=O) groups excluding carboxylic acids is 2. The highest BCUT2D eigenvalue weighted by Gasteiger charge is 2.13. The van der Waals surface area contributed by atoms with E-state index in [-0.39, 0.29) is 13.3 Å². The number of urea groups is 1. The zero-order chi connectivity index (χ0) is 12.3. The lowest BCUT2D eigenvalue weighted by molar-refractivity contribution is -0.118. The van der Waals surface area contributed by atoms with Gasteiger partial charge in [-0.25, -0.2) is 4.79 Å². The normalized spacial score (nSPS) is 12.0. The van der Waals surface area contributed by atoms with Gasteiger partial charge in [0.1, 0.15) is 0 Å². The molecule has 7 nitrogen and oxygen atoms in total. The molecule has 4 N–H and O–H groups in total. The second-order valence-corrected chi connectivity index (χ2v) is 3.33. The first-order chi connectivity index (χ1) is 8.15. The van der Waals surface area contributed by atoms with Crippen molar-refractivity contribution in [1.82, 2.24) is 5.32 Å². The van der Waals surface area contributed by atoms with Crippen LogP contribution >= 0.6 is 0 Å². The van der Waals surface area contributed by atoms with Crippen LogP contribution in [0.2, 0.25) is 0 Å². The molecule has 2 rings (SSSR count). The van der Waals surface area contributed by atoms with Gasteiger partial charge in [0.15, 0.2) is 11.5 Å². The molecule has 1 aromatic carbocycles. The number of carbonyl (C=O) groups is 2. The van der Waals surface area contributed by atoms with E-state index < -0.39 is 11.9 Å². The van der Waals surface area contributed by atoms with Gasteiger partial charge < -0.3 is 20.5 Å². The third kappa shape index (κ3) is 2.77. The molecule has 0 unspecified atom stereocenters. The summed E-state index contributed by atoms with van der Waals surface area (Å²) in [4.78, 5) is 21.5. The van der Waals surface area contributed by atoms with Crippen LogP contribution in [0.15, 0.2) is 18.2 Å². The quantitative estimate of drug-likeness (QED) is 0.687. The van der Waals surface area contributed by atoms with E-state index in [2.05, 4.69) is 5.32 Å². The van der Waals surface area contributed by atoms with Gasteiger partial charge in [-0.05, 0) is 12.1 Å². The fourth-order valence-corrected chi connectivity index (χ4v) is 1.37. The molecular formula is C10H11N3O4. The van der Waals surface area contributed by atoms with Gasteiger partial charge in [-0.2, -0.15) is 0 Å². The van der Waals surface area contributed by atoms with Crippen LogP contribution < -0.4 is 25.8 Å². The van der Waals surface area contributed by atoms with Gasteiger partial charge in [0.2, 0.25) is 12.7 Å². The highest BCUT2D eigenvalue weighted by atomic mass is 16.7. The van der Waals surface area contributed by atoms with E-state index in [4.69, 9.17) is 15.2 Å². The first-order valence-corrected chi connectivity index (χ1v) is 4.88. The Morgan fingerprint density at radius 3 is 2.82 bits per heavy atom. The Morgan fingerprint density at radius 1 is 1.29 bits per heavy atom. The number of hydrogen-bond acceptors (Lipinski definition) is 5. The summed E-state index contributed by atoms with van der Waals surface area (Å²) < 4.78 is 10.3. The summed E-state index contributed by atoms with van der Waals surface area (Å²) in [5.41, 5.74) is 5.49. The molecule has 1 aliphatic rings. The van der Waals surface area contributed by atoms with Crippen molar-refractivity contribution in [2.45, 2.75) is 0 Å². The van der Waals surface area contributed by atoms with Crippen molar-refractivity contribution < 1.29 is 19.1 Å². The minimum atomic E-state index is -0.873. The Balaban J connectivity index is 1.91. The van der Waals surface area contributed by atoms with Crippen LogP contribution in [0.5, 0.6) is 11.5 Å². The van der Waals surface area contributed by atoms with Gasteiger partial charge in [-0.15, -0.1) is 0 Å². The van der Waals surface area contributed by atoms with Crippen LogP contribution in [0.3, 0.4) is 0 Å². The van der Waals surface area contributed by atoms with Gasteiger partial charge in [0, 0.05) is 11.8 Å². The minimum Gasteiger partial charge on any atom is -0.454 e. The Bertz CT molecular complexity index is 461. The molecule has 0 fully saturated rings. The molecule has 0 saturated heterocycles. The molecule has 1 aromatic rings. The topological polar surface area (TPSA) is 103 Å². The number of primary amides is 1. The molecule has 3 amide bonds. The molecule has 0 bridgehead atoms. The van der Waals surface area contributed by atoms with E-state index in [1.165, 1.54) is 0 Å². The van der Waals surface area contributed by atoms with E-state index in [0.29, 0.717) is 17.2 Å². The fourth-order valence-electron chi connectivity index (χ4n) is 1.37. The first kappa shape index (κ1) is 11.1. The maximum absolute atomic E-state index is 11.1. The van der Waals surface area contributed by atoms with Crippen LogP contribution in [-0.2, 0) is 4.79 Å². The Kier molecular flexibility index (Phi) is 2.99. The minimum absolute atomic E-state index is 0.0530. The summed E-state index contributed by atoms with van der Waals surface area (Å²) in [5.74, 6) is 0.776. The van der Waals surface area contributed by atoms with Crippen molar-refractivity contribution in [1.29, 1.82) is 0 Å². The van der Waals surface area contributed by atoms with Crippen LogP contribution in [0, 0.1) is 0 Å². The first-order valence-electron chi connectivity index (χ1n) is 4.88. The lowest BCUT2D eigenvalue weighted by Gasteiger charge is -2.06. The van der Waals surface area contributed by atoms with Crippen molar-refractivity contribution in [3.8, 4) is 11.5 Å². The number of hydrogen-bond donors (Lipinski definition) is 3. The molecular weight excluding hydrogens is 226 g/mol. The summed E-state index contributed by atoms with van der Waals surface area (Å²) in [5, 5.41) is 4.77. The lowest BCUT2D eigenvalue weighted by Crippen LogP contribution is -2.38. The van der Waals surface area contributed by atoms with Crippen molar-refractivity contribution in [3.05, 3.63) is 18.2 Å². The van der Waals surface area contributed by atoms with E-state index in [0.717, 1.165) is 0 Å². The summed E-state index contributed by atoms with van der Waals surface area (Å²) in [6.45, 7) is 0.142. The molecule has 0 aliphatic carbocycles. The van der Waals surface area contributed by atoms with Gasteiger partial charge in [-0.1, -0.05) is 0 Å². The molecule has 1 heterocycles. The summed E-state index contributed by atoms with van der Waals surface area (Å²) in [6, 6.07) is 4.31. The van der Waals surface area contributed by atoms with E-state index >= 15 is 0 Å². The summed E-state index contributed by atoms with van der Waals surface area (Å²) >= 11 is 0. The van der Waals surface area contributed by atoms with Gasteiger partial charge in [0.05, 0.1) is 6.54 Å². The Hall–Kier alpha value is -2.44. The Morgan fingerprint density at radius 2 is 2.06 bits per heavy atom. The number of nitrogens with one attached hydrogen (secondary N) is 2. The van der Waals surface area contributed by atoms with Gasteiger partial charge >= 0.3 is 6.03 Å². The van der Waals surface area contributed by atoms with E-state index in [1.54, 1.807) is 18.2 Å². The smallest absolute Gasteiger partial charge is 0.318 e. The van der Waals surface area contributed by atoms with Crippen molar-refractivity contribution >= 4 is 17.6 Å². The molecule has 0 saturated carbocycles. The van der Waals surface area contributed by atoms with Crippen molar-refractivity contribution in [2.75, 3.05) is 18.7 Å². The maximum Gasteiger partial charge on any atom is 0.318 e. The average molecular weight is 237 g/mol.